The summed E-state index contributed by atoms with van der Waals surface area (Å²) in [5.41, 5.74) is 1.93. The third kappa shape index (κ3) is 2.81. The molecule has 6 heteroatoms. The molecule has 3 heterocycles. The molecule has 3 rings (SSSR count). The van der Waals surface area contributed by atoms with Gasteiger partial charge in [-0.05, 0) is 32.6 Å². The zero-order valence-electron chi connectivity index (χ0n) is 12.6. The van der Waals surface area contributed by atoms with Crippen molar-refractivity contribution in [3.63, 3.8) is 0 Å². The molecule has 0 bridgehead atoms. The van der Waals surface area contributed by atoms with Crippen molar-refractivity contribution in [2.75, 3.05) is 13.2 Å². The average molecular weight is 312 g/mol. The van der Waals surface area contributed by atoms with Gasteiger partial charge >= 0.3 is 0 Å². The van der Waals surface area contributed by atoms with E-state index in [4.69, 9.17) is 16.3 Å². The van der Waals surface area contributed by atoms with Gasteiger partial charge in [-0.1, -0.05) is 11.6 Å². The number of rotatable bonds is 3. The van der Waals surface area contributed by atoms with Gasteiger partial charge in [0.05, 0.1) is 24.3 Å². The average Bonchev–Trinajstić information content (AvgIpc) is 3.13. The maximum atomic E-state index is 12.6. The van der Waals surface area contributed by atoms with Gasteiger partial charge in [0.25, 0.3) is 0 Å². The molecule has 5 nitrogen and oxygen atoms in total. The molecule has 2 aliphatic rings. The molecular formula is C15H22ClN3O2. The number of carbonyl (C=O) groups excluding carboxylic acids is 1. The van der Waals surface area contributed by atoms with Crippen LogP contribution in [0.1, 0.15) is 49.4 Å². The molecule has 2 fully saturated rings. The van der Waals surface area contributed by atoms with E-state index in [1.54, 1.807) is 4.68 Å². The van der Waals surface area contributed by atoms with E-state index in [2.05, 4.69) is 5.10 Å². The highest BCUT2D eigenvalue weighted by Gasteiger charge is 2.35. The number of hydrogen-bond donors (Lipinski definition) is 0. The minimum atomic E-state index is 0.0695. The number of ether oxygens (including phenoxy) is 1. The lowest BCUT2D eigenvalue weighted by molar-refractivity contribution is -0.134. The van der Waals surface area contributed by atoms with E-state index in [0.717, 1.165) is 50.1 Å². The fourth-order valence-corrected chi connectivity index (χ4v) is 3.81. The van der Waals surface area contributed by atoms with Crippen LogP contribution < -0.4 is 0 Å². The molecule has 116 valence electrons. The van der Waals surface area contributed by atoms with Crippen molar-refractivity contribution in [2.45, 2.75) is 51.2 Å². The molecule has 0 N–H and O–H groups in total. The highest BCUT2D eigenvalue weighted by atomic mass is 35.5. The highest BCUT2D eigenvalue weighted by molar-refractivity contribution is 6.30. The number of halogens is 1. The van der Waals surface area contributed by atoms with Crippen LogP contribution in [0.15, 0.2) is 0 Å². The van der Waals surface area contributed by atoms with Crippen molar-refractivity contribution >= 4 is 17.5 Å². The quantitative estimate of drug-likeness (QED) is 0.862. The number of likely N-dealkylation sites (tertiary alicyclic amines) is 1. The van der Waals surface area contributed by atoms with Gasteiger partial charge in [-0.15, -0.1) is 0 Å². The molecule has 0 saturated carbocycles. The van der Waals surface area contributed by atoms with Crippen molar-refractivity contribution in [1.82, 2.24) is 14.7 Å². The maximum absolute atomic E-state index is 12.6. The Labute approximate surface area is 130 Å². The number of nitrogens with zero attached hydrogens (tertiary/aromatic N) is 3. The maximum Gasteiger partial charge on any atom is 0.225 e. The molecule has 0 spiro atoms. The first kappa shape index (κ1) is 14.9. The first-order valence-corrected chi connectivity index (χ1v) is 8.05. The molecule has 2 atom stereocenters. The number of carbonyl (C=O) groups is 1. The Balaban J connectivity index is 1.77. The van der Waals surface area contributed by atoms with E-state index in [9.17, 15) is 4.79 Å². The number of aromatic nitrogens is 2. The minimum absolute atomic E-state index is 0.0695. The van der Waals surface area contributed by atoms with Crippen molar-refractivity contribution < 1.29 is 9.53 Å². The SMILES string of the molecule is Cc1nn(C)c(Cl)c1[C@@H]1CCCN1C(=O)C[C@H]1CCCO1. The molecule has 21 heavy (non-hydrogen) atoms. The second kappa shape index (κ2) is 5.97. The van der Waals surface area contributed by atoms with Gasteiger partial charge in [-0.25, -0.2) is 0 Å². The summed E-state index contributed by atoms with van der Waals surface area (Å²) in [4.78, 5) is 14.6. The summed E-state index contributed by atoms with van der Waals surface area (Å²) in [5, 5.41) is 5.02. The van der Waals surface area contributed by atoms with Gasteiger partial charge in [0, 0.05) is 25.8 Å². The zero-order valence-corrected chi connectivity index (χ0v) is 13.4. The number of aryl methyl sites for hydroxylation is 2. The highest BCUT2D eigenvalue weighted by Crippen LogP contribution is 2.38. The standard InChI is InChI=1S/C15H22ClN3O2/c1-10-14(15(16)18(2)17-10)12-6-3-7-19(12)13(20)9-11-5-4-8-21-11/h11-12H,3-9H2,1-2H3/t11-,12+/m1/s1. The van der Waals surface area contributed by atoms with Crippen LogP contribution in [0.4, 0.5) is 0 Å². The Morgan fingerprint density at radius 3 is 2.86 bits per heavy atom. The van der Waals surface area contributed by atoms with Gasteiger partial charge in [0.2, 0.25) is 5.91 Å². The van der Waals surface area contributed by atoms with Gasteiger partial charge in [0.1, 0.15) is 5.15 Å². The molecule has 1 aromatic rings. The third-order valence-electron chi connectivity index (χ3n) is 4.53. The van der Waals surface area contributed by atoms with Crippen LogP contribution >= 0.6 is 11.6 Å². The normalized spacial score (nSPS) is 25.8. The first-order chi connectivity index (χ1) is 10.1. The molecule has 0 aliphatic carbocycles. The Kier molecular flexibility index (Phi) is 4.22. The van der Waals surface area contributed by atoms with Crippen molar-refractivity contribution in [1.29, 1.82) is 0 Å². The van der Waals surface area contributed by atoms with Crippen LogP contribution in [0.25, 0.3) is 0 Å². The Morgan fingerprint density at radius 1 is 1.43 bits per heavy atom. The fraction of sp³-hybridized carbons (Fsp3) is 0.733. The van der Waals surface area contributed by atoms with Crippen LogP contribution in [0.2, 0.25) is 5.15 Å². The number of hydrogen-bond acceptors (Lipinski definition) is 3. The Hall–Kier alpha value is -1.07. The monoisotopic (exact) mass is 311 g/mol. The van der Waals surface area contributed by atoms with Gasteiger partial charge in [0.15, 0.2) is 0 Å². The minimum Gasteiger partial charge on any atom is -0.378 e. The van der Waals surface area contributed by atoms with Gasteiger partial charge < -0.3 is 9.64 Å². The van der Waals surface area contributed by atoms with E-state index in [1.807, 2.05) is 18.9 Å². The molecule has 0 unspecified atom stereocenters. The summed E-state index contributed by atoms with van der Waals surface area (Å²) in [6, 6.07) is 0.0695. The van der Waals surface area contributed by atoms with Crippen molar-refractivity contribution in [3.8, 4) is 0 Å². The predicted octanol–water partition coefficient (Wildman–Crippen LogP) is 2.61. The summed E-state index contributed by atoms with van der Waals surface area (Å²) in [7, 11) is 1.84. The summed E-state index contributed by atoms with van der Waals surface area (Å²) in [6.07, 6.45) is 4.64. The molecule has 1 aromatic heterocycles. The largest absolute Gasteiger partial charge is 0.378 e. The van der Waals surface area contributed by atoms with E-state index < -0.39 is 0 Å². The summed E-state index contributed by atoms with van der Waals surface area (Å²) < 4.78 is 7.27. The van der Waals surface area contributed by atoms with Crippen LogP contribution in [0.3, 0.4) is 0 Å². The van der Waals surface area contributed by atoms with Gasteiger partial charge in [-0.3, -0.25) is 9.48 Å². The molecule has 2 saturated heterocycles. The topological polar surface area (TPSA) is 47.4 Å². The summed E-state index contributed by atoms with van der Waals surface area (Å²) in [6.45, 7) is 3.55. The van der Waals surface area contributed by atoms with Crippen molar-refractivity contribution in [3.05, 3.63) is 16.4 Å². The van der Waals surface area contributed by atoms with E-state index in [-0.39, 0.29) is 18.1 Å². The first-order valence-electron chi connectivity index (χ1n) is 7.68. The van der Waals surface area contributed by atoms with E-state index in [0.29, 0.717) is 11.6 Å². The lowest BCUT2D eigenvalue weighted by Crippen LogP contribution is -2.33. The van der Waals surface area contributed by atoms with Gasteiger partial charge in [-0.2, -0.15) is 5.10 Å². The predicted molar refractivity (Wildman–Crippen MR) is 80.2 cm³/mol. The Morgan fingerprint density at radius 2 is 2.24 bits per heavy atom. The van der Waals surface area contributed by atoms with Crippen LogP contribution in [0.5, 0.6) is 0 Å². The molecule has 0 radical (unpaired) electrons. The molecular weight excluding hydrogens is 290 g/mol. The lowest BCUT2D eigenvalue weighted by atomic mass is 10.0. The van der Waals surface area contributed by atoms with Crippen LogP contribution in [-0.4, -0.2) is 39.8 Å². The van der Waals surface area contributed by atoms with Crippen LogP contribution in [0, 0.1) is 6.92 Å². The second-order valence-electron chi connectivity index (χ2n) is 6.00. The Bertz CT molecular complexity index is 537. The van der Waals surface area contributed by atoms with E-state index >= 15 is 0 Å². The fourth-order valence-electron chi connectivity index (χ4n) is 3.51. The number of amides is 1. The molecule has 1 amide bonds. The lowest BCUT2D eigenvalue weighted by Gasteiger charge is -2.26. The smallest absolute Gasteiger partial charge is 0.225 e. The third-order valence-corrected chi connectivity index (χ3v) is 4.98. The molecule has 2 aliphatic heterocycles. The van der Waals surface area contributed by atoms with Crippen molar-refractivity contribution in [2.24, 2.45) is 7.05 Å². The summed E-state index contributed by atoms with van der Waals surface area (Å²) >= 11 is 6.37. The van der Waals surface area contributed by atoms with E-state index in [1.165, 1.54) is 0 Å². The second-order valence-corrected chi connectivity index (χ2v) is 6.36. The summed E-state index contributed by atoms with van der Waals surface area (Å²) in [5.74, 6) is 0.184. The van der Waals surface area contributed by atoms with Crippen LogP contribution in [-0.2, 0) is 16.6 Å². The molecule has 0 aromatic carbocycles. The zero-order chi connectivity index (χ0) is 15.0.